The lowest BCUT2D eigenvalue weighted by atomic mass is 9.94. The maximum atomic E-state index is 12.3. The number of aryl methyl sites for hydroxylation is 1. The number of anilines is 2. The fraction of sp³-hybridized carbons (Fsp3) is 0.286. The molecule has 0 spiro atoms. The van der Waals surface area contributed by atoms with E-state index in [2.05, 4.69) is 40.7 Å². The van der Waals surface area contributed by atoms with Gasteiger partial charge < -0.3 is 20.3 Å². The van der Waals surface area contributed by atoms with Gasteiger partial charge in [0.2, 0.25) is 0 Å². The average Bonchev–Trinajstić information content (AvgIpc) is 2.68. The van der Waals surface area contributed by atoms with Gasteiger partial charge in [-0.15, -0.1) is 0 Å². The van der Waals surface area contributed by atoms with Crippen molar-refractivity contribution in [3.8, 4) is 0 Å². The van der Waals surface area contributed by atoms with E-state index in [9.17, 15) is 4.79 Å². The first-order valence-corrected chi connectivity index (χ1v) is 8.98. The van der Waals surface area contributed by atoms with Crippen molar-refractivity contribution >= 4 is 22.9 Å². The number of rotatable bonds is 3. The highest BCUT2D eigenvalue weighted by molar-refractivity contribution is 6.21. The Morgan fingerprint density at radius 1 is 1.12 bits per heavy atom. The van der Waals surface area contributed by atoms with E-state index in [1.54, 1.807) is 6.20 Å². The number of ether oxygens (including phenoxy) is 1. The van der Waals surface area contributed by atoms with Crippen molar-refractivity contribution in [3.63, 3.8) is 0 Å². The normalized spacial score (nSPS) is 18.4. The molecule has 2 aromatic carbocycles. The highest BCUT2D eigenvalue weighted by Gasteiger charge is 2.20. The molecule has 134 valence electrons. The summed E-state index contributed by atoms with van der Waals surface area (Å²) in [5, 5.41) is 6.20. The molecule has 5 heteroatoms. The molecule has 0 aliphatic carbocycles. The average molecular weight is 349 g/mol. The Labute approximate surface area is 153 Å². The van der Waals surface area contributed by atoms with Gasteiger partial charge in [0.1, 0.15) is 0 Å². The summed E-state index contributed by atoms with van der Waals surface area (Å²) in [5.41, 5.74) is 6.18. The van der Waals surface area contributed by atoms with Crippen LogP contribution in [-0.4, -0.2) is 32.2 Å². The van der Waals surface area contributed by atoms with Crippen LogP contribution in [0.2, 0.25) is 0 Å². The zero-order valence-electron chi connectivity index (χ0n) is 14.9. The van der Waals surface area contributed by atoms with Crippen LogP contribution in [0.3, 0.4) is 0 Å². The van der Waals surface area contributed by atoms with E-state index in [0.29, 0.717) is 12.1 Å². The second-order valence-electron chi connectivity index (χ2n) is 6.69. The highest BCUT2D eigenvalue weighted by atomic mass is 16.5. The number of hydrogen-bond donors (Lipinski definition) is 2. The van der Waals surface area contributed by atoms with Gasteiger partial charge >= 0.3 is 0 Å². The largest absolute Gasteiger partial charge is 0.378 e. The lowest BCUT2D eigenvalue weighted by Gasteiger charge is -2.28. The Balaban J connectivity index is 1.52. The summed E-state index contributed by atoms with van der Waals surface area (Å²) in [6.45, 7) is 6.05. The van der Waals surface area contributed by atoms with Gasteiger partial charge in [-0.3, -0.25) is 4.79 Å². The van der Waals surface area contributed by atoms with E-state index in [1.165, 1.54) is 11.3 Å². The fourth-order valence-corrected chi connectivity index (χ4v) is 3.41. The molecule has 26 heavy (non-hydrogen) atoms. The lowest BCUT2D eigenvalue weighted by Crippen LogP contribution is -2.36. The smallest absolute Gasteiger partial charge is 0.253 e. The monoisotopic (exact) mass is 349 g/mol. The minimum atomic E-state index is -0.0428. The van der Waals surface area contributed by atoms with Crippen molar-refractivity contribution in [2.24, 2.45) is 0 Å². The van der Waals surface area contributed by atoms with E-state index in [4.69, 9.17) is 4.74 Å². The fourth-order valence-electron chi connectivity index (χ4n) is 3.41. The summed E-state index contributed by atoms with van der Waals surface area (Å²) in [4.78, 5) is 14.6. The Hall–Kier alpha value is -2.79. The molecule has 0 aromatic heterocycles. The Kier molecular flexibility index (Phi) is 4.63. The molecular formula is C21H23N3O2. The number of fused-ring (bicyclic) bond motifs is 1. The zero-order chi connectivity index (χ0) is 17.9. The van der Waals surface area contributed by atoms with Crippen molar-refractivity contribution in [3.05, 3.63) is 65.4 Å². The predicted molar refractivity (Wildman–Crippen MR) is 104 cm³/mol. The Bertz CT molecular complexity index is 837. The molecule has 1 fully saturated rings. The van der Waals surface area contributed by atoms with Crippen molar-refractivity contribution in [2.75, 3.05) is 36.5 Å². The van der Waals surface area contributed by atoms with E-state index in [1.807, 2.05) is 24.3 Å². The van der Waals surface area contributed by atoms with Gasteiger partial charge in [0.05, 0.1) is 18.8 Å². The maximum Gasteiger partial charge on any atom is 0.253 e. The summed E-state index contributed by atoms with van der Waals surface area (Å²) in [6, 6.07) is 14.5. The molecule has 0 saturated carbocycles. The molecule has 2 aliphatic rings. The standard InChI is InChI=1S/C21H23N3O2/c1-15-2-7-19-16(12-15)13-23-21(25)20(19)14-22-17-3-5-18(6-4-17)24-8-10-26-11-9-24/h2-7,12,14,22H,8-11,13H2,1H3,(H,23,25)/b20-14-. The van der Waals surface area contributed by atoms with Crippen LogP contribution in [0.15, 0.2) is 48.7 Å². The first-order valence-electron chi connectivity index (χ1n) is 8.98. The maximum absolute atomic E-state index is 12.3. The van der Waals surface area contributed by atoms with Gasteiger partial charge in [0.15, 0.2) is 0 Å². The van der Waals surface area contributed by atoms with E-state index < -0.39 is 0 Å². The zero-order valence-corrected chi connectivity index (χ0v) is 14.9. The molecule has 2 heterocycles. The van der Waals surface area contributed by atoms with Crippen LogP contribution >= 0.6 is 0 Å². The lowest BCUT2D eigenvalue weighted by molar-refractivity contribution is -0.116. The van der Waals surface area contributed by atoms with Gasteiger partial charge in [-0.25, -0.2) is 0 Å². The third-order valence-corrected chi connectivity index (χ3v) is 4.86. The molecule has 2 aromatic rings. The number of hydrogen-bond acceptors (Lipinski definition) is 4. The van der Waals surface area contributed by atoms with Crippen LogP contribution in [0.1, 0.15) is 16.7 Å². The molecule has 2 aliphatic heterocycles. The molecule has 4 rings (SSSR count). The van der Waals surface area contributed by atoms with E-state index in [0.717, 1.165) is 43.1 Å². The third kappa shape index (κ3) is 3.44. The van der Waals surface area contributed by atoms with Crippen molar-refractivity contribution < 1.29 is 9.53 Å². The number of amides is 1. The first kappa shape index (κ1) is 16.7. The summed E-state index contributed by atoms with van der Waals surface area (Å²) in [7, 11) is 0. The number of carbonyl (C=O) groups excluding carboxylic acids is 1. The quantitative estimate of drug-likeness (QED) is 0.837. The Morgan fingerprint density at radius 2 is 1.88 bits per heavy atom. The molecule has 0 atom stereocenters. The van der Waals surface area contributed by atoms with Crippen LogP contribution in [0.25, 0.3) is 5.57 Å². The van der Waals surface area contributed by atoms with Crippen molar-refractivity contribution in [2.45, 2.75) is 13.5 Å². The van der Waals surface area contributed by atoms with Gasteiger partial charge in [-0.1, -0.05) is 23.8 Å². The summed E-state index contributed by atoms with van der Waals surface area (Å²) < 4.78 is 5.40. The first-order chi connectivity index (χ1) is 12.7. The number of nitrogens with zero attached hydrogens (tertiary/aromatic N) is 1. The van der Waals surface area contributed by atoms with Gasteiger partial charge in [-0.05, 0) is 42.3 Å². The summed E-state index contributed by atoms with van der Waals surface area (Å²) >= 11 is 0. The Morgan fingerprint density at radius 3 is 2.65 bits per heavy atom. The molecule has 1 saturated heterocycles. The number of benzene rings is 2. The predicted octanol–water partition coefficient (Wildman–Crippen LogP) is 2.91. The molecule has 0 radical (unpaired) electrons. The van der Waals surface area contributed by atoms with Crippen LogP contribution in [0.4, 0.5) is 11.4 Å². The summed E-state index contributed by atoms with van der Waals surface area (Å²) in [5.74, 6) is -0.0428. The van der Waals surface area contributed by atoms with Crippen LogP contribution in [0.5, 0.6) is 0 Å². The minimum Gasteiger partial charge on any atom is -0.378 e. The van der Waals surface area contributed by atoms with Crippen LogP contribution in [-0.2, 0) is 16.1 Å². The number of carbonyl (C=O) groups is 1. The minimum absolute atomic E-state index is 0.0428. The topological polar surface area (TPSA) is 53.6 Å². The number of morpholine rings is 1. The van der Waals surface area contributed by atoms with E-state index >= 15 is 0 Å². The van der Waals surface area contributed by atoms with Crippen LogP contribution < -0.4 is 15.5 Å². The van der Waals surface area contributed by atoms with Gasteiger partial charge in [0, 0.05) is 37.2 Å². The van der Waals surface area contributed by atoms with Crippen LogP contribution in [0, 0.1) is 6.92 Å². The number of nitrogens with one attached hydrogen (secondary N) is 2. The van der Waals surface area contributed by atoms with E-state index in [-0.39, 0.29) is 5.91 Å². The highest BCUT2D eigenvalue weighted by Crippen LogP contribution is 2.25. The second kappa shape index (κ2) is 7.22. The molecule has 5 nitrogen and oxygen atoms in total. The second-order valence-corrected chi connectivity index (χ2v) is 6.69. The molecule has 2 N–H and O–H groups in total. The van der Waals surface area contributed by atoms with Gasteiger partial charge in [0.25, 0.3) is 5.91 Å². The molecule has 0 unspecified atom stereocenters. The van der Waals surface area contributed by atoms with Gasteiger partial charge in [-0.2, -0.15) is 0 Å². The molecule has 0 bridgehead atoms. The summed E-state index contributed by atoms with van der Waals surface area (Å²) in [6.07, 6.45) is 1.80. The molecular weight excluding hydrogens is 326 g/mol. The van der Waals surface area contributed by atoms with Crippen molar-refractivity contribution in [1.29, 1.82) is 0 Å². The molecule has 1 amide bonds. The van der Waals surface area contributed by atoms with Crippen molar-refractivity contribution in [1.82, 2.24) is 5.32 Å². The SMILES string of the molecule is Cc1ccc2c(c1)CNC(=O)/C2=C\Nc1ccc(N2CCOCC2)cc1. The third-order valence-electron chi connectivity index (χ3n) is 4.86.